The predicted octanol–water partition coefficient (Wildman–Crippen LogP) is 3.59. The molecule has 0 aromatic carbocycles. The Balaban J connectivity index is 0. The third-order valence-corrected chi connectivity index (χ3v) is 21.7. The van der Waals surface area contributed by atoms with Gasteiger partial charge in [-0.05, 0) is 156 Å². The molecule has 0 saturated carbocycles. The Labute approximate surface area is 761 Å². The second-order valence-corrected chi connectivity index (χ2v) is 34.1. The number of unbranched alkanes of at least 4 members (excludes halogenated alkanes) is 7. The van der Waals surface area contributed by atoms with E-state index in [1.165, 1.54) is 58.8 Å². The minimum absolute atomic E-state index is 0.00283. The van der Waals surface area contributed by atoms with Crippen LogP contribution in [-0.4, -0.2) is 342 Å². The summed E-state index contributed by atoms with van der Waals surface area (Å²) in [5.74, 6) is -9.36. The van der Waals surface area contributed by atoms with Gasteiger partial charge < -0.3 is 124 Å². The topological polar surface area (TPSA) is 586 Å². The number of ether oxygens (including phenoxy) is 3. The van der Waals surface area contributed by atoms with Crippen LogP contribution in [-0.2, 0) is 69.7 Å². The van der Waals surface area contributed by atoms with E-state index in [1.54, 1.807) is 20.5 Å². The number of phosphoric ester groups is 2. The number of carbonyl (C=O) groups excluding carboxylic acids is 4. The number of amides is 4. The Morgan fingerprint density at radius 3 is 1.27 bits per heavy atom. The Morgan fingerprint density at radius 2 is 0.868 bits per heavy atom. The van der Waals surface area contributed by atoms with Gasteiger partial charge in [0.2, 0.25) is 0 Å². The molecule has 0 aromatic rings. The molecule has 2 heterocycles. The summed E-state index contributed by atoms with van der Waals surface area (Å²) < 4.78 is 233. The molecule has 9 atom stereocenters. The fourth-order valence-electron chi connectivity index (χ4n) is 12.0. The molecule has 754 valence electrons. The first-order valence-corrected chi connectivity index (χ1v) is 49.1. The van der Waals surface area contributed by atoms with Crippen molar-refractivity contribution in [1.29, 1.82) is 10.8 Å². The van der Waals surface area contributed by atoms with E-state index in [4.69, 9.17) is 68.7 Å². The summed E-state index contributed by atoms with van der Waals surface area (Å²) >= 11 is 0.615. The first kappa shape index (κ1) is 126. The fraction of sp³-hybridized carbons (Fsp3) is 0.930. The molecule has 2 aliphatic heterocycles. The third kappa shape index (κ3) is 72.5. The molecule has 58 heteroatoms. The van der Waals surface area contributed by atoms with Gasteiger partial charge in [0.1, 0.15) is 12.2 Å². The number of nitriles is 1. The van der Waals surface area contributed by atoms with Gasteiger partial charge in [-0.3, -0.25) is 28.3 Å². The molecule has 129 heavy (non-hydrogen) atoms. The number of halogens is 12. The second kappa shape index (κ2) is 78.5. The molecule has 0 aromatic heterocycles. The van der Waals surface area contributed by atoms with Crippen molar-refractivity contribution in [1.82, 2.24) is 30.2 Å². The van der Waals surface area contributed by atoms with Gasteiger partial charge in [-0.1, -0.05) is 0 Å². The van der Waals surface area contributed by atoms with E-state index in [1.807, 2.05) is 6.07 Å². The molecule has 2 radical (unpaired) electrons. The Bertz CT molecular complexity index is 3130. The van der Waals surface area contributed by atoms with E-state index in [-0.39, 0.29) is 93.6 Å². The Kier molecular flexibility index (Phi) is 77.0. The van der Waals surface area contributed by atoms with Gasteiger partial charge in [0, 0.05) is 118 Å². The van der Waals surface area contributed by atoms with Crippen LogP contribution in [0.25, 0.3) is 0 Å². The number of carbonyl (C=O) groups is 4. The Morgan fingerprint density at radius 1 is 0.512 bits per heavy atom. The van der Waals surface area contributed by atoms with E-state index in [0.717, 1.165) is 111 Å². The van der Waals surface area contributed by atoms with Crippen molar-refractivity contribution in [2.75, 3.05) is 204 Å². The molecule has 42 nitrogen and oxygen atoms in total. The van der Waals surface area contributed by atoms with Crippen molar-refractivity contribution in [2.45, 2.75) is 223 Å². The van der Waals surface area contributed by atoms with Gasteiger partial charge in [0.25, 0.3) is 15.6 Å². The first-order chi connectivity index (χ1) is 61.2. The van der Waals surface area contributed by atoms with Gasteiger partial charge in [-0.2, -0.15) is 57.9 Å². The molecule has 0 bridgehead atoms. The number of quaternary nitrogens is 4. The number of hydrogen-bond acceptors (Lipinski definition) is 26. The number of nitrogens with zero attached hydrogens (tertiary/aromatic N) is 14. The number of hydrogen-bond donors (Lipinski definition) is 11. The monoisotopic (exact) mass is 2060 g/mol. The van der Waals surface area contributed by atoms with Crippen LogP contribution in [0.4, 0.5) is 52.7 Å². The van der Waals surface area contributed by atoms with Gasteiger partial charge in [0.15, 0.2) is 8.38 Å². The average Bonchev–Trinajstić information content (AvgIpc) is 1.80. The van der Waals surface area contributed by atoms with Crippen LogP contribution >= 0.6 is 24.0 Å². The van der Waals surface area contributed by atoms with E-state index < -0.39 is 181 Å². The molecule has 2 aliphatic rings. The SMILES string of the molecule is COCCCCN(CCCN(CCCCN(CCCN(CCCCOP(C)OCCC#N)C(=O)C(F)(F)F)C(=O)C(F)(F)F)C(=O)C(F)(F)F)C(=O)C(F)(F)F.C[C@H]1C[C@@H](O)[C@@H](COP(=O)([O-])O[C@@H]2C[C@H](C)O[C@@H]2COP(=O)([O-])OCCCC[NH2+]CCC[NH2+]CCCC[NH2+]CCC[NH2+]CCCCO)O1.N=N/N=N/N=N/N=N/N=[N][SnH].NCCCNCCCCNCCCN. The number of aliphatic hydroxyl groups is 2. The van der Waals surface area contributed by atoms with Crippen LogP contribution in [0.5, 0.6) is 0 Å². The molecule has 2 rings (SSSR count). The maximum atomic E-state index is 13.4. The van der Waals surface area contributed by atoms with Gasteiger partial charge in [0.05, 0.1) is 122 Å². The largest absolute Gasteiger partial charge is 0.330 e. The van der Waals surface area contributed by atoms with E-state index in [0.29, 0.717) is 52.0 Å². The van der Waals surface area contributed by atoms with Crippen molar-refractivity contribution in [3.63, 3.8) is 0 Å². The van der Waals surface area contributed by atoms with Gasteiger partial charge >= 0.3 is 122 Å². The maximum Gasteiger partial charge on any atom is -0.00369 e. The van der Waals surface area contributed by atoms with Crippen molar-refractivity contribution in [3.05, 3.63) is 0 Å². The van der Waals surface area contributed by atoms with E-state index in [2.05, 4.69) is 77.0 Å². The molecular weight excluding hydrogens is 1920 g/mol. The summed E-state index contributed by atoms with van der Waals surface area (Å²) in [5, 5.41) is 66.7. The van der Waals surface area contributed by atoms with Crippen LogP contribution < -0.4 is 53.2 Å². The molecule has 4 amide bonds. The summed E-state index contributed by atoms with van der Waals surface area (Å²) in [6.07, 6.45) is -13.7. The number of nitrogens with two attached hydrogens (primary N) is 6. The summed E-state index contributed by atoms with van der Waals surface area (Å²) in [6.45, 7) is 14.1. The molecule has 17 N–H and O–H groups in total. The minimum atomic E-state index is -5.46. The minimum Gasteiger partial charge on any atom is -0.330 e. The van der Waals surface area contributed by atoms with Crippen molar-refractivity contribution in [3.8, 4) is 6.07 Å². The summed E-state index contributed by atoms with van der Waals surface area (Å²) in [4.78, 5) is 73.7. The number of alkyl halides is 12. The number of nitrogens with one attached hydrogen (secondary N) is 3. The van der Waals surface area contributed by atoms with Crippen LogP contribution in [0, 0.1) is 16.9 Å². The molecule has 2 fully saturated rings. The van der Waals surface area contributed by atoms with E-state index in [9.17, 15) is 95.9 Å². The number of methoxy groups -OCH3 is 1. The van der Waals surface area contributed by atoms with Gasteiger partial charge in [-0.15, -0.1) is 0 Å². The second-order valence-electron chi connectivity index (χ2n) is 29.3. The van der Waals surface area contributed by atoms with Crippen molar-refractivity contribution >= 4 is 70.4 Å². The van der Waals surface area contributed by atoms with Crippen LogP contribution in [0.15, 0.2) is 45.1 Å². The summed E-state index contributed by atoms with van der Waals surface area (Å²) in [6, 6.07) is 1.86. The summed E-state index contributed by atoms with van der Waals surface area (Å²) in [7, 11) is -9.45. The van der Waals surface area contributed by atoms with Crippen molar-refractivity contribution < 1.29 is 164 Å². The molecular formula is C71H140F12N23O19P3Sn+2. The zero-order valence-corrected chi connectivity index (χ0v) is 80.2. The number of rotatable bonds is 73. The van der Waals surface area contributed by atoms with Crippen LogP contribution in [0.3, 0.4) is 0 Å². The third-order valence-electron chi connectivity index (χ3n) is 18.4. The molecule has 3 unspecified atom stereocenters. The quantitative estimate of drug-likeness (QED) is 0.0103. The predicted molar refractivity (Wildman–Crippen MR) is 441 cm³/mol. The maximum absolute atomic E-state index is 13.4. The Hall–Kier alpha value is -4.62. The van der Waals surface area contributed by atoms with Crippen LogP contribution in [0.1, 0.15) is 162 Å². The van der Waals surface area contributed by atoms with E-state index >= 15 is 0 Å². The number of phosphoric acid groups is 2. The van der Waals surface area contributed by atoms with Crippen LogP contribution in [0.2, 0.25) is 0 Å². The first-order valence-electron chi connectivity index (χ1n) is 43.1. The summed E-state index contributed by atoms with van der Waals surface area (Å²) in [5.41, 5.74) is 16.9. The smallest absolute Gasteiger partial charge is 0.00369 e. The van der Waals surface area contributed by atoms with Gasteiger partial charge in [-0.25, -0.2) is 0 Å². The molecule has 2 saturated heterocycles. The average molecular weight is 2060 g/mol. The molecule has 0 aliphatic carbocycles. The van der Waals surface area contributed by atoms with Crippen molar-refractivity contribution in [2.24, 2.45) is 56.6 Å². The molecule has 0 spiro atoms. The zero-order valence-electron chi connectivity index (χ0n) is 74.2. The standard InChI is InChI=1S/C31H46F12N5O7P.C30H64N4O12P2.C10H26N4.HN10.Sn.H/c1-53-21-7-5-15-47(26(51)30(38,39)40)19-10-17-45(24(49)28(32,33)34)13-3-4-14-46(25(50)29(35,36)37)18-11-20-48(27(52)31(41,42)43)16-6-8-22-54-56(2)55-23-9-12-44;1-25-21-27(36)29(44-25)23-43-48(39,40)46-28-22-26(2)45-30(28)24-42-47(37,38)41-20-8-6-14-34-18-10-16-32-12-4-3-11-31-15-9-17-33-13-5-7-19-35;11-5-3-9-13-7-1-2-8-14-10-4-6-12;1-3-5-7-9-10-8-6-4-2;;/h3-11,13-23H2,1-2H3;25-36H,3-24H2,1-2H3,(H,37,38)(H,39,40);13-14H,1-12H2;1H;;/q;;;-1;+1;/p+2/b;;;3-1?,7-5+,8-6+,10-9+;;/t;25-,26-,27+,28+,29+,30+;;;;/m.0..../s1. The normalized spacial score (nSPS) is 17.9. The zero-order chi connectivity index (χ0) is 97.1. The fourth-order valence-corrected chi connectivity index (χ4v) is 14.6. The number of aliphatic hydroxyl groups excluding tert-OH is 2.